The Balaban J connectivity index is 1.63. The molecule has 0 saturated carbocycles. The molecule has 0 N–H and O–H groups in total. The van der Waals surface area contributed by atoms with E-state index in [2.05, 4.69) is 36.6 Å². The van der Waals surface area contributed by atoms with E-state index in [1.165, 1.54) is 10.4 Å². The van der Waals surface area contributed by atoms with Crippen molar-refractivity contribution >= 4 is 39.0 Å². The van der Waals surface area contributed by atoms with E-state index in [1.807, 2.05) is 25.2 Å². The molecular formula is C21H19NO2S. The molecule has 4 heteroatoms. The summed E-state index contributed by atoms with van der Waals surface area (Å²) in [7, 11) is 1.86. The van der Waals surface area contributed by atoms with Crippen LogP contribution in [-0.2, 0) is 17.8 Å². The molecule has 0 aliphatic rings. The molecule has 126 valence electrons. The number of hydrogen-bond acceptors (Lipinski definition) is 3. The first-order valence-corrected chi connectivity index (χ1v) is 9.16. The van der Waals surface area contributed by atoms with Crippen molar-refractivity contribution < 1.29 is 9.21 Å². The summed E-state index contributed by atoms with van der Waals surface area (Å²) in [6, 6.07) is 14.3. The van der Waals surface area contributed by atoms with Crippen LogP contribution < -0.4 is 0 Å². The van der Waals surface area contributed by atoms with Gasteiger partial charge in [-0.1, -0.05) is 30.3 Å². The first kappa shape index (κ1) is 15.9. The second kappa shape index (κ2) is 6.37. The van der Waals surface area contributed by atoms with Crippen LogP contribution in [-0.4, -0.2) is 17.9 Å². The highest BCUT2D eigenvalue weighted by molar-refractivity contribution is 7.10. The predicted octanol–water partition coefficient (Wildman–Crippen LogP) is 5.16. The van der Waals surface area contributed by atoms with Crippen molar-refractivity contribution in [2.75, 3.05) is 7.05 Å². The van der Waals surface area contributed by atoms with Gasteiger partial charge in [-0.2, -0.15) is 0 Å². The Morgan fingerprint density at radius 2 is 2.00 bits per heavy atom. The van der Waals surface area contributed by atoms with Crippen LogP contribution in [0.4, 0.5) is 0 Å². The fraction of sp³-hybridized carbons (Fsp3) is 0.190. The lowest BCUT2D eigenvalue weighted by Gasteiger charge is -2.16. The second-order valence-corrected chi connectivity index (χ2v) is 7.37. The Morgan fingerprint density at radius 1 is 1.16 bits per heavy atom. The predicted molar refractivity (Wildman–Crippen MR) is 103 cm³/mol. The van der Waals surface area contributed by atoms with Crippen molar-refractivity contribution in [2.24, 2.45) is 0 Å². The Kier molecular flexibility index (Phi) is 4.06. The molecule has 0 aliphatic carbocycles. The van der Waals surface area contributed by atoms with E-state index in [0.29, 0.717) is 13.0 Å². The first-order chi connectivity index (χ1) is 12.1. The van der Waals surface area contributed by atoms with Crippen LogP contribution in [0.2, 0.25) is 0 Å². The maximum Gasteiger partial charge on any atom is 0.227 e. The Bertz CT molecular complexity index is 1060. The molecule has 0 fully saturated rings. The molecule has 1 amide bonds. The summed E-state index contributed by atoms with van der Waals surface area (Å²) in [5.74, 6) is 0.100. The van der Waals surface area contributed by atoms with Crippen LogP contribution >= 0.6 is 11.3 Å². The summed E-state index contributed by atoms with van der Waals surface area (Å²) in [5.41, 5.74) is 3.02. The van der Waals surface area contributed by atoms with E-state index in [-0.39, 0.29) is 5.91 Å². The van der Waals surface area contributed by atoms with Gasteiger partial charge in [-0.3, -0.25) is 4.79 Å². The van der Waals surface area contributed by atoms with Crippen molar-refractivity contribution in [2.45, 2.75) is 19.9 Å². The van der Waals surface area contributed by atoms with Crippen LogP contribution in [0.25, 0.3) is 21.7 Å². The van der Waals surface area contributed by atoms with Gasteiger partial charge in [-0.25, -0.2) is 0 Å². The van der Waals surface area contributed by atoms with Gasteiger partial charge in [0.25, 0.3) is 0 Å². The number of nitrogens with zero attached hydrogens (tertiary/aromatic N) is 1. The Labute approximate surface area is 150 Å². The highest BCUT2D eigenvalue weighted by Crippen LogP contribution is 2.30. The highest BCUT2D eigenvalue weighted by atomic mass is 32.1. The zero-order valence-electron chi connectivity index (χ0n) is 14.3. The molecular weight excluding hydrogens is 330 g/mol. The third kappa shape index (κ3) is 2.94. The third-order valence-corrected chi connectivity index (χ3v) is 5.66. The topological polar surface area (TPSA) is 33.5 Å². The van der Waals surface area contributed by atoms with E-state index >= 15 is 0 Å². The molecule has 4 aromatic rings. The number of hydrogen-bond donors (Lipinski definition) is 0. The largest absolute Gasteiger partial charge is 0.464 e. The molecule has 4 rings (SSSR count). The number of thiophene rings is 1. The molecule has 2 aromatic heterocycles. The van der Waals surface area contributed by atoms with E-state index < -0.39 is 0 Å². The van der Waals surface area contributed by atoms with Gasteiger partial charge in [-0.15, -0.1) is 11.3 Å². The number of amides is 1. The van der Waals surface area contributed by atoms with Gasteiger partial charge in [0.15, 0.2) is 0 Å². The van der Waals surface area contributed by atoms with Gasteiger partial charge in [-0.05, 0) is 40.8 Å². The summed E-state index contributed by atoms with van der Waals surface area (Å²) < 4.78 is 5.69. The molecule has 2 aromatic carbocycles. The number of furan rings is 1. The van der Waals surface area contributed by atoms with Crippen LogP contribution in [0.15, 0.2) is 58.5 Å². The fourth-order valence-electron chi connectivity index (χ4n) is 3.17. The van der Waals surface area contributed by atoms with Crippen molar-refractivity contribution in [1.29, 1.82) is 0 Å². The number of rotatable bonds is 4. The number of carbonyl (C=O) groups excluding carboxylic acids is 1. The van der Waals surface area contributed by atoms with Gasteiger partial charge in [0, 0.05) is 22.9 Å². The average Bonchev–Trinajstić information content (AvgIpc) is 3.21. The van der Waals surface area contributed by atoms with Crippen molar-refractivity contribution in [3.05, 3.63) is 70.1 Å². The van der Waals surface area contributed by atoms with Gasteiger partial charge < -0.3 is 9.32 Å². The molecule has 0 aliphatic heterocycles. The van der Waals surface area contributed by atoms with Crippen LogP contribution in [0.3, 0.4) is 0 Å². The first-order valence-electron chi connectivity index (χ1n) is 8.28. The molecule has 0 bridgehead atoms. The molecule has 0 unspecified atom stereocenters. The fourth-order valence-corrected chi connectivity index (χ4v) is 4.13. The highest BCUT2D eigenvalue weighted by Gasteiger charge is 2.16. The van der Waals surface area contributed by atoms with Gasteiger partial charge in [0.1, 0.15) is 5.58 Å². The maximum atomic E-state index is 12.7. The van der Waals surface area contributed by atoms with E-state index in [0.717, 1.165) is 27.3 Å². The molecule has 3 nitrogen and oxygen atoms in total. The summed E-state index contributed by atoms with van der Waals surface area (Å²) in [5, 5.41) is 5.41. The number of likely N-dealkylation sites (N-methyl/N-ethyl adjacent to an activating group) is 1. The van der Waals surface area contributed by atoms with Crippen molar-refractivity contribution in [3.8, 4) is 0 Å². The monoisotopic (exact) mass is 349 g/mol. The number of carbonyl (C=O) groups is 1. The third-order valence-electron chi connectivity index (χ3n) is 4.66. The van der Waals surface area contributed by atoms with E-state index in [1.54, 1.807) is 22.5 Å². The second-order valence-electron chi connectivity index (χ2n) is 6.37. The average molecular weight is 349 g/mol. The maximum absolute atomic E-state index is 12.7. The van der Waals surface area contributed by atoms with Gasteiger partial charge in [0.2, 0.25) is 5.91 Å². The zero-order valence-corrected chi connectivity index (χ0v) is 15.1. The normalized spacial score (nSPS) is 11.3. The minimum atomic E-state index is 0.100. The van der Waals surface area contributed by atoms with E-state index in [9.17, 15) is 4.79 Å². The Hall–Kier alpha value is -2.59. The SMILES string of the molecule is Cc1ccsc1CN(C)C(=O)Cc1coc2ccc3ccccc3c12. The Morgan fingerprint density at radius 3 is 2.80 bits per heavy atom. The smallest absolute Gasteiger partial charge is 0.227 e. The summed E-state index contributed by atoms with van der Waals surface area (Å²) in [6.07, 6.45) is 2.07. The molecule has 0 spiro atoms. The van der Waals surface area contributed by atoms with Crippen LogP contribution in [0.1, 0.15) is 16.0 Å². The quantitative estimate of drug-likeness (QED) is 0.510. The lowest BCUT2D eigenvalue weighted by Crippen LogP contribution is -2.27. The van der Waals surface area contributed by atoms with Crippen molar-refractivity contribution in [1.82, 2.24) is 4.90 Å². The van der Waals surface area contributed by atoms with Crippen molar-refractivity contribution in [3.63, 3.8) is 0 Å². The lowest BCUT2D eigenvalue weighted by molar-refractivity contribution is -0.129. The molecule has 2 heterocycles. The summed E-state index contributed by atoms with van der Waals surface area (Å²) >= 11 is 1.70. The summed E-state index contributed by atoms with van der Waals surface area (Å²) in [6.45, 7) is 2.73. The van der Waals surface area contributed by atoms with Crippen LogP contribution in [0.5, 0.6) is 0 Å². The summed E-state index contributed by atoms with van der Waals surface area (Å²) in [4.78, 5) is 15.7. The number of fused-ring (bicyclic) bond motifs is 3. The van der Waals surface area contributed by atoms with Gasteiger partial charge >= 0.3 is 0 Å². The minimum Gasteiger partial charge on any atom is -0.464 e. The van der Waals surface area contributed by atoms with Gasteiger partial charge in [0.05, 0.1) is 19.2 Å². The van der Waals surface area contributed by atoms with E-state index in [4.69, 9.17) is 4.42 Å². The number of aryl methyl sites for hydroxylation is 1. The lowest BCUT2D eigenvalue weighted by atomic mass is 10.0. The number of benzene rings is 2. The standard InChI is InChI=1S/C21H19NO2S/c1-14-9-10-25-19(14)12-22(2)20(23)11-16-13-24-18-8-7-15-5-3-4-6-17(15)21(16)18/h3-10,13H,11-12H2,1-2H3. The molecule has 0 radical (unpaired) electrons. The van der Waals surface area contributed by atoms with Crippen LogP contribution in [0, 0.1) is 6.92 Å². The minimum absolute atomic E-state index is 0.100. The molecule has 0 saturated heterocycles. The molecule has 25 heavy (non-hydrogen) atoms. The molecule has 0 atom stereocenters. The zero-order chi connectivity index (χ0) is 17.4.